The fourth-order valence-electron chi connectivity index (χ4n) is 2.57. The fourth-order valence-corrected chi connectivity index (χ4v) is 3.18. The lowest BCUT2D eigenvalue weighted by molar-refractivity contribution is 0.102. The average Bonchev–Trinajstić information content (AvgIpc) is 2.50. The Kier molecular flexibility index (Phi) is 4.14. The van der Waals surface area contributed by atoms with Crippen LogP contribution in [0.4, 0.5) is 11.4 Å². The van der Waals surface area contributed by atoms with E-state index in [2.05, 4.69) is 39.3 Å². The molecule has 0 saturated heterocycles. The summed E-state index contributed by atoms with van der Waals surface area (Å²) in [6, 6.07) is 11.9. The van der Waals surface area contributed by atoms with Gasteiger partial charge in [-0.15, -0.1) is 0 Å². The van der Waals surface area contributed by atoms with Crippen LogP contribution >= 0.6 is 22.6 Å². The zero-order valence-electron chi connectivity index (χ0n) is 11.9. The Labute approximate surface area is 138 Å². The van der Waals surface area contributed by atoms with E-state index in [0.717, 1.165) is 39.8 Å². The van der Waals surface area contributed by atoms with E-state index < -0.39 is 0 Å². The number of fused-ring (bicyclic) bond motifs is 1. The molecule has 0 aliphatic carbocycles. The standard InChI is InChI=1S/C17H17IN2O/c1-11-4-2-6-14(16(11)18)17(21)20-13-7-8-15-12(10-13)5-3-9-19-15/h2,4,6-8,10,19H,3,5,9H2,1H3,(H,20,21). The maximum absolute atomic E-state index is 12.4. The summed E-state index contributed by atoms with van der Waals surface area (Å²) in [5.74, 6) is -0.0492. The lowest BCUT2D eigenvalue weighted by atomic mass is 10.0. The first kappa shape index (κ1) is 14.4. The van der Waals surface area contributed by atoms with Crippen molar-refractivity contribution < 1.29 is 4.79 Å². The van der Waals surface area contributed by atoms with Gasteiger partial charge in [0, 0.05) is 21.5 Å². The van der Waals surface area contributed by atoms with Crippen LogP contribution in [0.5, 0.6) is 0 Å². The van der Waals surface area contributed by atoms with Crippen LogP contribution < -0.4 is 10.6 Å². The number of aryl methyl sites for hydroxylation is 2. The minimum Gasteiger partial charge on any atom is -0.385 e. The molecular formula is C17H17IN2O. The second-order valence-electron chi connectivity index (χ2n) is 5.29. The van der Waals surface area contributed by atoms with Gasteiger partial charge in [-0.3, -0.25) is 4.79 Å². The molecule has 0 radical (unpaired) electrons. The summed E-state index contributed by atoms with van der Waals surface area (Å²) in [5, 5.41) is 6.38. The maximum atomic E-state index is 12.4. The highest BCUT2D eigenvalue weighted by molar-refractivity contribution is 14.1. The molecule has 1 aliphatic heterocycles. The minimum atomic E-state index is -0.0492. The smallest absolute Gasteiger partial charge is 0.256 e. The molecule has 108 valence electrons. The van der Waals surface area contributed by atoms with Gasteiger partial charge in [0.1, 0.15) is 0 Å². The van der Waals surface area contributed by atoms with Crippen molar-refractivity contribution in [3.8, 4) is 0 Å². The van der Waals surface area contributed by atoms with E-state index in [4.69, 9.17) is 0 Å². The zero-order valence-corrected chi connectivity index (χ0v) is 14.0. The molecule has 4 heteroatoms. The second kappa shape index (κ2) is 6.05. The molecular weight excluding hydrogens is 375 g/mol. The van der Waals surface area contributed by atoms with Crippen molar-refractivity contribution in [3.63, 3.8) is 0 Å². The van der Waals surface area contributed by atoms with Crippen LogP contribution in [0, 0.1) is 10.5 Å². The Morgan fingerprint density at radius 2 is 2.14 bits per heavy atom. The number of carbonyl (C=O) groups is 1. The van der Waals surface area contributed by atoms with Gasteiger partial charge in [0.25, 0.3) is 5.91 Å². The topological polar surface area (TPSA) is 41.1 Å². The molecule has 1 amide bonds. The highest BCUT2D eigenvalue weighted by atomic mass is 127. The number of nitrogens with one attached hydrogen (secondary N) is 2. The van der Waals surface area contributed by atoms with Gasteiger partial charge in [0.15, 0.2) is 0 Å². The Hall–Kier alpha value is -1.56. The normalized spacial score (nSPS) is 13.2. The lowest BCUT2D eigenvalue weighted by Crippen LogP contribution is -2.15. The van der Waals surface area contributed by atoms with Crippen molar-refractivity contribution in [2.75, 3.05) is 17.2 Å². The van der Waals surface area contributed by atoms with Crippen LogP contribution in [0.1, 0.15) is 27.9 Å². The summed E-state index contributed by atoms with van der Waals surface area (Å²) in [6.07, 6.45) is 2.20. The quantitative estimate of drug-likeness (QED) is 0.752. The molecule has 3 rings (SSSR count). The Morgan fingerprint density at radius 1 is 1.29 bits per heavy atom. The largest absolute Gasteiger partial charge is 0.385 e. The molecule has 0 unspecified atom stereocenters. The molecule has 0 fully saturated rings. The van der Waals surface area contributed by atoms with Crippen LogP contribution in [-0.4, -0.2) is 12.5 Å². The number of hydrogen-bond donors (Lipinski definition) is 2. The number of hydrogen-bond acceptors (Lipinski definition) is 2. The van der Waals surface area contributed by atoms with Crippen molar-refractivity contribution >= 4 is 39.9 Å². The Morgan fingerprint density at radius 3 is 3.00 bits per heavy atom. The average molecular weight is 392 g/mol. The second-order valence-corrected chi connectivity index (χ2v) is 6.37. The van der Waals surface area contributed by atoms with Crippen LogP contribution in [0.2, 0.25) is 0 Å². The van der Waals surface area contributed by atoms with Gasteiger partial charge in [-0.2, -0.15) is 0 Å². The molecule has 2 aromatic rings. The number of halogens is 1. The maximum Gasteiger partial charge on any atom is 0.256 e. The number of amides is 1. The van der Waals surface area contributed by atoms with Crippen molar-refractivity contribution in [3.05, 3.63) is 56.7 Å². The SMILES string of the molecule is Cc1cccc(C(=O)Nc2ccc3c(c2)CCCN3)c1I. The van der Waals surface area contributed by atoms with Crippen molar-refractivity contribution in [1.82, 2.24) is 0 Å². The fraction of sp³-hybridized carbons (Fsp3) is 0.235. The summed E-state index contributed by atoms with van der Waals surface area (Å²) >= 11 is 2.23. The number of anilines is 2. The molecule has 0 saturated carbocycles. The number of benzene rings is 2. The first-order valence-corrected chi connectivity index (χ1v) is 8.16. The van der Waals surface area contributed by atoms with E-state index in [1.54, 1.807) is 0 Å². The van der Waals surface area contributed by atoms with E-state index >= 15 is 0 Å². The van der Waals surface area contributed by atoms with Gasteiger partial charge >= 0.3 is 0 Å². The summed E-state index contributed by atoms with van der Waals surface area (Å²) in [4.78, 5) is 12.4. The van der Waals surface area contributed by atoms with E-state index in [0.29, 0.717) is 0 Å². The molecule has 0 spiro atoms. The molecule has 3 nitrogen and oxygen atoms in total. The van der Waals surface area contributed by atoms with Gasteiger partial charge in [0.2, 0.25) is 0 Å². The highest BCUT2D eigenvalue weighted by Crippen LogP contribution is 2.26. The van der Waals surface area contributed by atoms with E-state index in [1.807, 2.05) is 37.3 Å². The zero-order chi connectivity index (χ0) is 14.8. The predicted octanol–water partition coefficient (Wildman–Crippen LogP) is 4.21. The summed E-state index contributed by atoms with van der Waals surface area (Å²) in [7, 11) is 0. The Bertz CT molecular complexity index is 697. The third-order valence-corrected chi connectivity index (χ3v) is 5.17. The molecule has 1 aliphatic rings. The molecule has 2 aromatic carbocycles. The lowest BCUT2D eigenvalue weighted by Gasteiger charge is -2.19. The monoisotopic (exact) mass is 392 g/mol. The van der Waals surface area contributed by atoms with Crippen molar-refractivity contribution in [2.24, 2.45) is 0 Å². The summed E-state index contributed by atoms with van der Waals surface area (Å²) < 4.78 is 1.01. The van der Waals surface area contributed by atoms with Crippen molar-refractivity contribution in [1.29, 1.82) is 0 Å². The first-order chi connectivity index (χ1) is 10.1. The van der Waals surface area contributed by atoms with Gasteiger partial charge in [-0.1, -0.05) is 12.1 Å². The van der Waals surface area contributed by atoms with Crippen LogP contribution in [0.25, 0.3) is 0 Å². The minimum absolute atomic E-state index is 0.0492. The molecule has 2 N–H and O–H groups in total. The van der Waals surface area contributed by atoms with Crippen molar-refractivity contribution in [2.45, 2.75) is 19.8 Å². The van der Waals surface area contributed by atoms with E-state index in [1.165, 1.54) is 11.3 Å². The predicted molar refractivity (Wildman–Crippen MR) is 95.1 cm³/mol. The first-order valence-electron chi connectivity index (χ1n) is 7.08. The van der Waals surface area contributed by atoms with Gasteiger partial charge in [0.05, 0.1) is 5.56 Å². The molecule has 21 heavy (non-hydrogen) atoms. The molecule has 0 atom stereocenters. The summed E-state index contributed by atoms with van der Waals surface area (Å²) in [6.45, 7) is 3.04. The molecule has 1 heterocycles. The van der Waals surface area contributed by atoms with E-state index in [-0.39, 0.29) is 5.91 Å². The highest BCUT2D eigenvalue weighted by Gasteiger charge is 2.13. The van der Waals surface area contributed by atoms with E-state index in [9.17, 15) is 4.79 Å². The number of rotatable bonds is 2. The van der Waals surface area contributed by atoms with Gasteiger partial charge in [-0.05, 0) is 77.7 Å². The third kappa shape index (κ3) is 3.05. The van der Waals surface area contributed by atoms with Gasteiger partial charge in [-0.25, -0.2) is 0 Å². The van der Waals surface area contributed by atoms with Crippen LogP contribution in [-0.2, 0) is 6.42 Å². The Balaban J connectivity index is 1.83. The van der Waals surface area contributed by atoms with Crippen LogP contribution in [0.15, 0.2) is 36.4 Å². The van der Waals surface area contributed by atoms with Gasteiger partial charge < -0.3 is 10.6 Å². The molecule has 0 aromatic heterocycles. The molecule has 0 bridgehead atoms. The number of carbonyl (C=O) groups excluding carboxylic acids is 1. The summed E-state index contributed by atoms with van der Waals surface area (Å²) in [5.41, 5.74) is 5.17. The third-order valence-electron chi connectivity index (χ3n) is 3.74. The van der Waals surface area contributed by atoms with Crippen LogP contribution in [0.3, 0.4) is 0 Å².